The van der Waals surface area contributed by atoms with Crippen LogP contribution in [0.4, 0.5) is 0 Å². The number of halogens is 2. The highest BCUT2D eigenvalue weighted by Crippen LogP contribution is 2.52. The third kappa shape index (κ3) is 4.25. The van der Waals surface area contributed by atoms with E-state index in [2.05, 4.69) is 10.5 Å². The number of hydrogen-bond acceptors (Lipinski definition) is 5. The van der Waals surface area contributed by atoms with Gasteiger partial charge in [0.1, 0.15) is 5.76 Å². The summed E-state index contributed by atoms with van der Waals surface area (Å²) >= 11 is 14.2. The van der Waals surface area contributed by atoms with Gasteiger partial charge in [0.15, 0.2) is 5.78 Å². The molecule has 0 amide bonds. The van der Waals surface area contributed by atoms with Crippen LogP contribution in [0.2, 0.25) is 5.02 Å². The fourth-order valence-electron chi connectivity index (χ4n) is 4.03. The average Bonchev–Trinajstić information content (AvgIpc) is 2.73. The van der Waals surface area contributed by atoms with Gasteiger partial charge in [-0.05, 0) is 35.2 Å². The van der Waals surface area contributed by atoms with Crippen molar-refractivity contribution in [2.75, 3.05) is 0 Å². The molecule has 1 aliphatic heterocycles. The Hall–Kier alpha value is -2.26. The summed E-state index contributed by atoms with van der Waals surface area (Å²) in [6.45, 7) is 4.05. The van der Waals surface area contributed by atoms with Crippen molar-refractivity contribution in [1.29, 1.82) is 5.26 Å². The van der Waals surface area contributed by atoms with Gasteiger partial charge in [0.25, 0.3) is 0 Å². The molecular formula is C24H20Cl2N2O2S. The standard InChI is InChI=1S/C24H20Cl2N2O2S/c1-23(2)12-18(29)20-19(13-23)30-22(28-31-17-6-4-3-5-7-17)24(26,14-27)21(20)15-8-10-16(25)11-9-15/h3-11,21H,12-13H2,1-2H3/b28-22-/t21-,24+/m0/s1. The molecule has 0 aromatic heterocycles. The molecule has 1 aliphatic carbocycles. The number of nitrogens with zero attached hydrogens (tertiary/aromatic N) is 2. The van der Waals surface area contributed by atoms with Gasteiger partial charge in [0.05, 0.1) is 12.0 Å². The summed E-state index contributed by atoms with van der Waals surface area (Å²) < 4.78 is 10.6. The summed E-state index contributed by atoms with van der Waals surface area (Å²) in [7, 11) is 0. The SMILES string of the molecule is CC1(C)CC(=O)C2=C(C1)O/C(=N\Sc1ccccc1)[C@@](Cl)(C#N)[C@H]2c1ccc(Cl)cc1. The minimum Gasteiger partial charge on any atom is -0.443 e. The Labute approximate surface area is 196 Å². The van der Waals surface area contributed by atoms with E-state index in [0.717, 1.165) is 10.5 Å². The molecule has 0 bridgehead atoms. The van der Waals surface area contributed by atoms with E-state index in [0.29, 0.717) is 29.2 Å². The number of carbonyl (C=O) groups excluding carboxylic acids is 1. The van der Waals surface area contributed by atoms with Gasteiger partial charge >= 0.3 is 0 Å². The van der Waals surface area contributed by atoms with Crippen molar-refractivity contribution in [2.45, 2.75) is 42.4 Å². The zero-order valence-electron chi connectivity index (χ0n) is 17.1. The molecule has 158 valence electrons. The smallest absolute Gasteiger partial charge is 0.238 e. The first kappa shape index (κ1) is 22.0. The highest BCUT2D eigenvalue weighted by atomic mass is 35.5. The van der Waals surface area contributed by atoms with E-state index in [-0.39, 0.29) is 17.1 Å². The number of carbonyl (C=O) groups is 1. The Morgan fingerprint density at radius 2 is 1.81 bits per heavy atom. The molecule has 2 aromatic carbocycles. The van der Waals surface area contributed by atoms with Crippen molar-refractivity contribution in [2.24, 2.45) is 9.81 Å². The molecule has 0 fully saturated rings. The van der Waals surface area contributed by atoms with Crippen molar-refractivity contribution in [3.8, 4) is 6.07 Å². The molecule has 0 unspecified atom stereocenters. The van der Waals surface area contributed by atoms with Crippen LogP contribution < -0.4 is 0 Å². The minimum absolute atomic E-state index is 0.0544. The van der Waals surface area contributed by atoms with E-state index >= 15 is 0 Å². The molecule has 31 heavy (non-hydrogen) atoms. The van der Waals surface area contributed by atoms with Crippen LogP contribution in [0.25, 0.3) is 0 Å². The predicted octanol–water partition coefficient (Wildman–Crippen LogP) is 6.70. The topological polar surface area (TPSA) is 62.4 Å². The first-order chi connectivity index (χ1) is 14.7. The molecule has 2 aliphatic rings. The number of ether oxygens (including phenoxy) is 1. The van der Waals surface area contributed by atoms with Crippen molar-refractivity contribution in [3.05, 3.63) is 76.5 Å². The lowest BCUT2D eigenvalue weighted by atomic mass is 9.68. The molecule has 2 aromatic rings. The second-order valence-corrected chi connectivity index (χ2v) is 10.4. The lowest BCUT2D eigenvalue weighted by Gasteiger charge is -2.42. The Balaban J connectivity index is 1.87. The van der Waals surface area contributed by atoms with Gasteiger partial charge in [-0.15, -0.1) is 0 Å². The maximum atomic E-state index is 13.2. The van der Waals surface area contributed by atoms with Crippen molar-refractivity contribution < 1.29 is 9.53 Å². The third-order valence-corrected chi connectivity index (χ3v) is 6.90. The zero-order valence-corrected chi connectivity index (χ0v) is 19.4. The van der Waals surface area contributed by atoms with Gasteiger partial charge in [-0.2, -0.15) is 9.66 Å². The van der Waals surface area contributed by atoms with Crippen LogP contribution >= 0.6 is 35.1 Å². The lowest BCUT2D eigenvalue weighted by Crippen LogP contribution is -2.47. The largest absolute Gasteiger partial charge is 0.443 e. The van der Waals surface area contributed by atoms with Gasteiger partial charge in [-0.1, -0.05) is 67.4 Å². The van der Waals surface area contributed by atoms with E-state index in [1.54, 1.807) is 24.3 Å². The molecule has 0 saturated carbocycles. The van der Waals surface area contributed by atoms with Crippen molar-refractivity contribution in [1.82, 2.24) is 0 Å². The van der Waals surface area contributed by atoms with E-state index in [1.165, 1.54) is 11.9 Å². The lowest BCUT2D eigenvalue weighted by molar-refractivity contribution is -0.119. The van der Waals surface area contributed by atoms with Gasteiger partial charge in [0, 0.05) is 40.3 Å². The fraction of sp³-hybridized carbons (Fsp3) is 0.292. The minimum atomic E-state index is -1.66. The summed E-state index contributed by atoms with van der Waals surface area (Å²) in [6.07, 6.45) is 0.925. The number of ketones is 1. The van der Waals surface area contributed by atoms with E-state index < -0.39 is 10.8 Å². The van der Waals surface area contributed by atoms with Crippen LogP contribution in [-0.4, -0.2) is 16.6 Å². The average molecular weight is 471 g/mol. The van der Waals surface area contributed by atoms with Crippen molar-refractivity contribution in [3.63, 3.8) is 0 Å². The molecule has 0 N–H and O–H groups in total. The summed E-state index contributed by atoms with van der Waals surface area (Å²) in [4.78, 5) is 12.4. The van der Waals surface area contributed by atoms with Crippen LogP contribution in [0.5, 0.6) is 0 Å². The maximum Gasteiger partial charge on any atom is 0.238 e. The van der Waals surface area contributed by atoms with Gasteiger partial charge < -0.3 is 4.74 Å². The van der Waals surface area contributed by atoms with E-state index in [1.807, 2.05) is 44.2 Å². The maximum absolute atomic E-state index is 13.2. The summed E-state index contributed by atoms with van der Waals surface area (Å²) in [5, 5.41) is 10.7. The number of benzene rings is 2. The molecular weight excluding hydrogens is 451 g/mol. The van der Waals surface area contributed by atoms with E-state index in [4.69, 9.17) is 27.9 Å². The van der Waals surface area contributed by atoms with Crippen LogP contribution in [0.3, 0.4) is 0 Å². The zero-order chi connectivity index (χ0) is 22.2. The Bertz CT molecular complexity index is 1120. The molecule has 4 nitrogen and oxygen atoms in total. The molecule has 1 heterocycles. The Morgan fingerprint density at radius 1 is 1.13 bits per heavy atom. The van der Waals surface area contributed by atoms with Gasteiger partial charge in [-0.3, -0.25) is 4.79 Å². The number of hydrogen-bond donors (Lipinski definition) is 0. The Kier molecular flexibility index (Phi) is 5.91. The Morgan fingerprint density at radius 3 is 2.45 bits per heavy atom. The van der Waals surface area contributed by atoms with Gasteiger partial charge in [0.2, 0.25) is 10.8 Å². The molecule has 0 radical (unpaired) electrons. The first-order valence-electron chi connectivity index (χ1n) is 9.84. The monoisotopic (exact) mass is 470 g/mol. The van der Waals surface area contributed by atoms with Crippen LogP contribution in [-0.2, 0) is 9.53 Å². The number of alkyl halides is 1. The summed E-state index contributed by atoms with van der Waals surface area (Å²) in [5.41, 5.74) is 0.931. The first-order valence-corrected chi connectivity index (χ1v) is 11.4. The number of Topliss-reactive ketones (excluding diaryl/α,β-unsaturated/α-hetero) is 1. The molecule has 0 spiro atoms. The number of rotatable bonds is 3. The molecule has 2 atom stereocenters. The van der Waals surface area contributed by atoms with Crippen LogP contribution in [0.15, 0.2) is 75.2 Å². The predicted molar refractivity (Wildman–Crippen MR) is 124 cm³/mol. The number of allylic oxidation sites excluding steroid dienone is 2. The van der Waals surface area contributed by atoms with E-state index in [9.17, 15) is 10.1 Å². The molecule has 4 rings (SSSR count). The highest BCUT2D eigenvalue weighted by molar-refractivity contribution is 7.98. The van der Waals surface area contributed by atoms with Crippen molar-refractivity contribution >= 4 is 46.8 Å². The molecule has 7 heteroatoms. The molecule has 0 saturated heterocycles. The normalized spacial score (nSPS) is 26.2. The second-order valence-electron chi connectivity index (χ2n) is 8.49. The van der Waals surface area contributed by atoms with Gasteiger partial charge in [-0.25, -0.2) is 0 Å². The third-order valence-electron chi connectivity index (χ3n) is 5.44. The van der Waals surface area contributed by atoms with Crippen LogP contribution in [0.1, 0.15) is 38.2 Å². The summed E-state index contributed by atoms with van der Waals surface area (Å²) in [6, 6.07) is 18.8. The summed E-state index contributed by atoms with van der Waals surface area (Å²) in [5.74, 6) is -0.130. The fourth-order valence-corrected chi connectivity index (χ4v) is 5.17. The van der Waals surface area contributed by atoms with Crippen LogP contribution in [0, 0.1) is 16.7 Å². The highest BCUT2D eigenvalue weighted by Gasteiger charge is 2.55. The second kappa shape index (κ2) is 8.35. The number of nitriles is 1. The quantitative estimate of drug-likeness (QED) is 0.369.